The van der Waals surface area contributed by atoms with Gasteiger partial charge in [0.1, 0.15) is 0 Å². The minimum Gasteiger partial charge on any atom is -0.379 e. The first-order valence-electron chi connectivity index (χ1n) is 12.3. The van der Waals surface area contributed by atoms with Crippen molar-refractivity contribution < 1.29 is 9.53 Å². The van der Waals surface area contributed by atoms with Crippen LogP contribution in [0.15, 0.2) is 36.5 Å². The van der Waals surface area contributed by atoms with Crippen molar-refractivity contribution in [2.75, 3.05) is 44.3 Å². The molecule has 4 bridgehead atoms. The van der Waals surface area contributed by atoms with Crippen LogP contribution in [0.3, 0.4) is 0 Å². The molecule has 2 aromatic rings. The van der Waals surface area contributed by atoms with E-state index in [1.807, 2.05) is 35.2 Å². The van der Waals surface area contributed by atoms with Crippen molar-refractivity contribution in [1.82, 2.24) is 19.9 Å². The minimum absolute atomic E-state index is 0.00331. The van der Waals surface area contributed by atoms with Gasteiger partial charge in [-0.1, -0.05) is 23.4 Å². The molecule has 5 aliphatic rings. The minimum atomic E-state index is -0.00331. The van der Waals surface area contributed by atoms with Crippen LogP contribution in [0.2, 0.25) is 0 Å². The molecule has 0 atom stereocenters. The highest BCUT2D eigenvalue weighted by atomic mass is 16.5. The van der Waals surface area contributed by atoms with E-state index in [2.05, 4.69) is 26.1 Å². The van der Waals surface area contributed by atoms with Crippen molar-refractivity contribution >= 4 is 11.7 Å². The van der Waals surface area contributed by atoms with Gasteiger partial charge in [0.2, 0.25) is 0 Å². The van der Waals surface area contributed by atoms with Crippen LogP contribution >= 0.6 is 0 Å². The van der Waals surface area contributed by atoms with Crippen LogP contribution in [0.4, 0.5) is 5.82 Å². The molecule has 1 aromatic heterocycles. The lowest BCUT2D eigenvalue weighted by molar-refractivity contribution is -0.0502. The first-order valence-corrected chi connectivity index (χ1v) is 12.3. The van der Waals surface area contributed by atoms with Gasteiger partial charge in [-0.15, -0.1) is 5.10 Å². The van der Waals surface area contributed by atoms with Crippen LogP contribution in [-0.2, 0) is 10.3 Å². The molecule has 5 fully saturated rings. The van der Waals surface area contributed by atoms with Crippen molar-refractivity contribution in [1.29, 1.82) is 0 Å². The Morgan fingerprint density at radius 1 is 1.03 bits per heavy atom. The number of morpholine rings is 1. The molecule has 0 N–H and O–H groups in total. The van der Waals surface area contributed by atoms with Gasteiger partial charge in [0.25, 0.3) is 5.91 Å². The van der Waals surface area contributed by atoms with E-state index in [1.54, 1.807) is 0 Å². The predicted octanol–water partition coefficient (Wildman–Crippen LogP) is 3.18. The predicted molar refractivity (Wildman–Crippen MR) is 122 cm³/mol. The Kier molecular flexibility index (Phi) is 5.26. The topological polar surface area (TPSA) is 63.5 Å². The maximum Gasteiger partial charge on any atom is 0.259 e. The second kappa shape index (κ2) is 8.27. The Hall–Kier alpha value is -2.25. The Bertz CT molecular complexity index is 917. The van der Waals surface area contributed by atoms with Gasteiger partial charge in [-0.05, 0) is 68.4 Å². The monoisotopic (exact) mass is 435 g/mol. The number of carbonyl (C=O) groups excluding carboxylic acids is 1. The normalized spacial score (nSPS) is 31.7. The summed E-state index contributed by atoms with van der Waals surface area (Å²) in [5, 5.41) is 9.20. The van der Waals surface area contributed by atoms with E-state index in [1.165, 1.54) is 38.5 Å². The van der Waals surface area contributed by atoms with Gasteiger partial charge in [0.05, 0.1) is 24.9 Å². The summed E-state index contributed by atoms with van der Waals surface area (Å²) in [4.78, 5) is 17.7. The molecule has 1 saturated heterocycles. The maximum atomic E-state index is 13.5. The zero-order valence-corrected chi connectivity index (χ0v) is 18.7. The molecule has 7 nitrogen and oxygen atoms in total. The summed E-state index contributed by atoms with van der Waals surface area (Å²) in [5.74, 6) is 3.21. The van der Waals surface area contributed by atoms with Crippen molar-refractivity contribution in [2.45, 2.75) is 44.1 Å². The quantitative estimate of drug-likeness (QED) is 0.697. The Labute approximate surface area is 189 Å². The average Bonchev–Trinajstić information content (AvgIpc) is 3.30. The molecule has 170 valence electrons. The summed E-state index contributed by atoms with van der Waals surface area (Å²) in [5.41, 5.74) is 0.810. The Morgan fingerprint density at radius 2 is 1.69 bits per heavy atom. The number of aromatic nitrogens is 3. The standard InChI is InChI=1S/C25H33N5O2/c31-24(22-4-2-1-3-5-22)29(7-6-28-8-10-32-11-9-28)23-18-30(27-26-23)25-15-19-12-20(16-25)14-21(13-19)17-25/h1-5,18-21H,6-17H2. The number of hydrogen-bond acceptors (Lipinski definition) is 5. The Balaban J connectivity index is 1.26. The van der Waals surface area contributed by atoms with Crippen molar-refractivity contribution in [3.05, 3.63) is 42.1 Å². The number of hydrogen-bond donors (Lipinski definition) is 0. The number of amides is 1. The van der Waals surface area contributed by atoms with Gasteiger partial charge in [-0.2, -0.15) is 0 Å². The lowest BCUT2D eigenvalue weighted by Gasteiger charge is -2.56. The van der Waals surface area contributed by atoms with Crippen molar-refractivity contribution in [2.24, 2.45) is 17.8 Å². The van der Waals surface area contributed by atoms with Gasteiger partial charge in [-0.25, -0.2) is 4.68 Å². The molecule has 32 heavy (non-hydrogen) atoms. The summed E-state index contributed by atoms with van der Waals surface area (Å²) in [7, 11) is 0. The summed E-state index contributed by atoms with van der Waals surface area (Å²) in [6, 6.07) is 9.54. The summed E-state index contributed by atoms with van der Waals surface area (Å²) in [6.07, 6.45) is 9.94. The van der Waals surface area contributed by atoms with E-state index in [4.69, 9.17) is 4.74 Å². The summed E-state index contributed by atoms with van der Waals surface area (Å²) < 4.78 is 7.63. The molecular formula is C25H33N5O2. The third-order valence-corrected chi connectivity index (χ3v) is 8.26. The van der Waals surface area contributed by atoms with Gasteiger partial charge in [0, 0.05) is 31.7 Å². The molecule has 0 spiro atoms. The van der Waals surface area contributed by atoms with Gasteiger partial charge < -0.3 is 4.74 Å². The van der Waals surface area contributed by atoms with E-state index < -0.39 is 0 Å². The fraction of sp³-hybridized carbons (Fsp3) is 0.640. The number of rotatable bonds is 6. The van der Waals surface area contributed by atoms with Crippen LogP contribution in [0, 0.1) is 17.8 Å². The zero-order chi connectivity index (χ0) is 21.5. The maximum absolute atomic E-state index is 13.5. The van der Waals surface area contributed by atoms with Crippen LogP contribution in [-0.4, -0.2) is 65.2 Å². The fourth-order valence-electron chi connectivity index (χ4n) is 7.08. The summed E-state index contributed by atoms with van der Waals surface area (Å²) in [6.45, 7) is 4.75. The molecule has 2 heterocycles. The average molecular weight is 436 g/mol. The second-order valence-corrected chi connectivity index (χ2v) is 10.4. The highest BCUT2D eigenvalue weighted by Gasteiger charge is 2.52. The fourth-order valence-corrected chi connectivity index (χ4v) is 7.08. The highest BCUT2D eigenvalue weighted by molar-refractivity contribution is 6.05. The third-order valence-electron chi connectivity index (χ3n) is 8.26. The van der Waals surface area contributed by atoms with E-state index in [9.17, 15) is 4.79 Å². The first kappa shape index (κ1) is 20.4. The largest absolute Gasteiger partial charge is 0.379 e. The molecule has 1 amide bonds. The van der Waals surface area contributed by atoms with Crippen LogP contribution < -0.4 is 4.90 Å². The SMILES string of the molecule is O=C(c1ccccc1)N(CCN1CCOCC1)c1cn(C23CC4CC(CC(C4)C2)C3)nn1. The van der Waals surface area contributed by atoms with Gasteiger partial charge in [-0.3, -0.25) is 14.6 Å². The first-order chi connectivity index (χ1) is 15.7. The lowest BCUT2D eigenvalue weighted by atomic mass is 9.53. The lowest BCUT2D eigenvalue weighted by Crippen LogP contribution is -2.52. The zero-order valence-electron chi connectivity index (χ0n) is 18.7. The van der Waals surface area contributed by atoms with Crippen molar-refractivity contribution in [3.8, 4) is 0 Å². The van der Waals surface area contributed by atoms with Crippen LogP contribution in [0.25, 0.3) is 0 Å². The van der Waals surface area contributed by atoms with E-state index in [0.29, 0.717) is 17.9 Å². The number of benzene rings is 1. The van der Waals surface area contributed by atoms with E-state index >= 15 is 0 Å². The number of carbonyl (C=O) groups is 1. The Morgan fingerprint density at radius 3 is 2.34 bits per heavy atom. The number of anilines is 1. The van der Waals surface area contributed by atoms with Crippen LogP contribution in [0.5, 0.6) is 0 Å². The van der Waals surface area contributed by atoms with Gasteiger partial charge in [0.15, 0.2) is 5.82 Å². The smallest absolute Gasteiger partial charge is 0.259 e. The van der Waals surface area contributed by atoms with Crippen molar-refractivity contribution in [3.63, 3.8) is 0 Å². The molecule has 7 heteroatoms. The third kappa shape index (κ3) is 3.75. The second-order valence-electron chi connectivity index (χ2n) is 10.4. The number of nitrogens with zero attached hydrogens (tertiary/aromatic N) is 5. The number of ether oxygens (including phenoxy) is 1. The molecule has 0 unspecified atom stereocenters. The molecule has 1 aromatic carbocycles. The molecular weight excluding hydrogens is 402 g/mol. The van der Waals surface area contributed by atoms with Gasteiger partial charge >= 0.3 is 0 Å². The van der Waals surface area contributed by atoms with Crippen LogP contribution in [0.1, 0.15) is 48.9 Å². The molecule has 4 aliphatic carbocycles. The summed E-state index contributed by atoms with van der Waals surface area (Å²) >= 11 is 0. The van der Waals surface area contributed by atoms with E-state index in [-0.39, 0.29) is 11.4 Å². The molecule has 0 radical (unpaired) electrons. The molecule has 7 rings (SSSR count). The molecule has 4 saturated carbocycles. The highest BCUT2D eigenvalue weighted by Crippen LogP contribution is 2.58. The van der Waals surface area contributed by atoms with E-state index in [0.717, 1.165) is 50.6 Å². The molecule has 1 aliphatic heterocycles.